The molecule has 2 rings (SSSR count). The van der Waals surface area contributed by atoms with Crippen LogP contribution in [0.25, 0.3) is 0 Å². The Bertz CT molecular complexity index is 455. The number of hydrogen-bond donors (Lipinski definition) is 1. The smallest absolute Gasteiger partial charge is 0.265 e. The number of amides is 1. The third-order valence-corrected chi connectivity index (χ3v) is 13.0. The van der Waals surface area contributed by atoms with Crippen molar-refractivity contribution in [3.8, 4) is 0 Å². The van der Waals surface area contributed by atoms with E-state index in [0.29, 0.717) is 0 Å². The Hall–Kier alpha value is 0.370. The van der Waals surface area contributed by atoms with Gasteiger partial charge in [-0.05, 0) is 30.7 Å². The Morgan fingerprint density at radius 3 is 3.00 bits per heavy atom. The van der Waals surface area contributed by atoms with E-state index in [9.17, 15) is 4.79 Å². The molecule has 0 aliphatic carbocycles. The Kier molecular flexibility index (Phi) is 5.49. The van der Waals surface area contributed by atoms with Crippen LogP contribution in [-0.4, -0.2) is 17.5 Å². The lowest BCUT2D eigenvalue weighted by Crippen LogP contribution is -2.47. The van der Waals surface area contributed by atoms with Crippen LogP contribution < -0.4 is 10.7 Å². The molecular weight excluding hydrogens is 300 g/mol. The maximum absolute atomic E-state index is 12.1. The van der Waals surface area contributed by atoms with Crippen LogP contribution in [0.2, 0.25) is 0 Å². The molecule has 0 saturated heterocycles. The number of carbonyl (C=O) groups is 1. The number of fused-ring (bicyclic) bond motifs is 1. The van der Waals surface area contributed by atoms with E-state index in [1.807, 2.05) is 17.1 Å². The van der Waals surface area contributed by atoms with E-state index in [-0.39, 0.29) is 13.2 Å². The molecule has 0 fully saturated rings. The highest BCUT2D eigenvalue weighted by Crippen LogP contribution is 2.65. The molecule has 1 aliphatic rings. The Morgan fingerprint density at radius 2 is 2.33 bits per heavy atom. The summed E-state index contributed by atoms with van der Waals surface area (Å²) in [4.78, 5) is 12.1. The molecule has 1 aromatic carbocycles. The molecule has 4 unspecified atom stereocenters. The van der Waals surface area contributed by atoms with Crippen LogP contribution in [0.1, 0.15) is 29.3 Å². The monoisotopic (exact) mass is 318 g/mol. The summed E-state index contributed by atoms with van der Waals surface area (Å²) in [6.45, 7) is 3.85. The van der Waals surface area contributed by atoms with Crippen LogP contribution in [0.15, 0.2) is 18.2 Å². The van der Waals surface area contributed by atoms with E-state index in [1.165, 1.54) is 10.9 Å². The molecule has 3 nitrogen and oxygen atoms in total. The van der Waals surface area contributed by atoms with Crippen LogP contribution in [-0.2, 0) is 6.54 Å². The van der Waals surface area contributed by atoms with Crippen molar-refractivity contribution in [3.05, 3.63) is 29.3 Å². The van der Waals surface area contributed by atoms with Gasteiger partial charge in [0.1, 0.15) is 0 Å². The Morgan fingerprint density at radius 1 is 1.56 bits per heavy atom. The van der Waals surface area contributed by atoms with Gasteiger partial charge in [-0.2, -0.15) is 0 Å². The summed E-state index contributed by atoms with van der Waals surface area (Å²) >= 11 is 0. The van der Waals surface area contributed by atoms with Crippen molar-refractivity contribution in [2.75, 3.05) is 6.54 Å². The first-order chi connectivity index (χ1) is 8.67. The second-order valence-electron chi connectivity index (χ2n) is 4.16. The summed E-state index contributed by atoms with van der Waals surface area (Å²) in [6.07, 6.45) is 1.04. The molecule has 0 aromatic heterocycles. The van der Waals surface area contributed by atoms with Gasteiger partial charge in [-0.15, -0.1) is 17.9 Å². The maximum atomic E-state index is 12.1. The maximum Gasteiger partial charge on any atom is 0.265 e. The molecule has 98 valence electrons. The molecule has 1 amide bonds. The predicted octanol–water partition coefficient (Wildman–Crippen LogP) is 2.84. The van der Waals surface area contributed by atoms with Gasteiger partial charge in [0, 0.05) is 18.7 Å². The topological polar surface area (TPSA) is 32.3 Å². The molecule has 7 heteroatoms. The van der Waals surface area contributed by atoms with Crippen LogP contribution in [0.3, 0.4) is 0 Å². The first-order valence-electron chi connectivity index (χ1n) is 5.86. The van der Waals surface area contributed by atoms with Crippen LogP contribution in [0.5, 0.6) is 0 Å². The predicted molar refractivity (Wildman–Crippen MR) is 88.9 cm³/mol. The number of carbonyl (C=O) groups excluding carboxylic acids is 1. The molecule has 0 bridgehead atoms. The zero-order chi connectivity index (χ0) is 13.1. The van der Waals surface area contributed by atoms with Gasteiger partial charge in [0.2, 0.25) is 0 Å². The van der Waals surface area contributed by atoms with Crippen molar-refractivity contribution in [1.82, 2.24) is 10.4 Å². The van der Waals surface area contributed by atoms with Gasteiger partial charge in [-0.1, -0.05) is 27.0 Å². The van der Waals surface area contributed by atoms with E-state index >= 15 is 0 Å². The van der Waals surface area contributed by atoms with Crippen LogP contribution in [0, 0.1) is 0 Å². The summed E-state index contributed by atoms with van der Waals surface area (Å²) in [7, 11) is 6.33. The minimum Gasteiger partial charge on any atom is -0.284 e. The SMILES string of the molecule is CCCN1Cc2c(cccc2P(P)PP)C(=O)N1. The summed E-state index contributed by atoms with van der Waals surface area (Å²) in [6, 6.07) is 6.09. The standard InChI is InChI=1S/C11H18N2OP4/c1-2-6-13-7-9-8(11(14)12-13)4-3-5-10(9)18(16)17-15/h3-5,17H,2,6-7,15-16H2,1H3,(H,12,14). The third kappa shape index (κ3) is 3.09. The van der Waals surface area contributed by atoms with Gasteiger partial charge < -0.3 is 0 Å². The van der Waals surface area contributed by atoms with Crippen molar-refractivity contribution in [1.29, 1.82) is 0 Å². The molecule has 18 heavy (non-hydrogen) atoms. The normalized spacial score (nSPS) is 17.8. The fraction of sp³-hybridized carbons (Fsp3) is 0.364. The fourth-order valence-corrected chi connectivity index (χ4v) is 5.98. The van der Waals surface area contributed by atoms with Crippen molar-refractivity contribution in [2.45, 2.75) is 19.9 Å². The molecule has 1 aromatic rings. The van der Waals surface area contributed by atoms with Gasteiger partial charge in [0.05, 0.1) is 0 Å². The molecule has 0 saturated carbocycles. The number of benzene rings is 1. The fourth-order valence-electron chi connectivity index (χ4n) is 2.09. The summed E-state index contributed by atoms with van der Waals surface area (Å²) in [5, 5.41) is 3.37. The Balaban J connectivity index is 2.38. The lowest BCUT2D eigenvalue weighted by Gasteiger charge is -2.31. The zero-order valence-electron chi connectivity index (χ0n) is 10.3. The van der Waals surface area contributed by atoms with E-state index in [2.05, 4.69) is 36.3 Å². The average molecular weight is 318 g/mol. The quantitative estimate of drug-likeness (QED) is 0.866. The van der Waals surface area contributed by atoms with Crippen molar-refractivity contribution in [2.24, 2.45) is 0 Å². The second-order valence-corrected chi connectivity index (χ2v) is 13.3. The summed E-state index contributed by atoms with van der Waals surface area (Å²) in [5.74, 6) is 0.0343. The molecule has 1 heterocycles. The Labute approximate surface area is 115 Å². The highest BCUT2D eigenvalue weighted by atomic mass is 32.6. The van der Waals surface area contributed by atoms with Crippen LogP contribution >= 0.6 is 33.1 Å². The van der Waals surface area contributed by atoms with Crippen molar-refractivity contribution >= 4 is 44.3 Å². The zero-order valence-corrected chi connectivity index (χ0v) is 14.5. The first-order valence-corrected chi connectivity index (χ1v) is 12.5. The minimum absolute atomic E-state index is 0.0343. The average Bonchev–Trinajstić information content (AvgIpc) is 2.38. The van der Waals surface area contributed by atoms with E-state index in [0.717, 1.165) is 33.0 Å². The minimum atomic E-state index is -0.235. The first kappa shape index (κ1) is 14.8. The third-order valence-electron chi connectivity index (χ3n) is 2.90. The number of nitrogens with zero attached hydrogens (tertiary/aromatic N) is 1. The summed E-state index contributed by atoms with van der Waals surface area (Å²) in [5.41, 5.74) is 5.01. The molecule has 1 aliphatic heterocycles. The van der Waals surface area contributed by atoms with Gasteiger partial charge in [-0.3, -0.25) is 10.2 Å². The van der Waals surface area contributed by atoms with E-state index in [1.54, 1.807) is 0 Å². The molecule has 4 atom stereocenters. The van der Waals surface area contributed by atoms with Gasteiger partial charge in [-0.25, -0.2) is 5.01 Å². The number of rotatable bonds is 4. The van der Waals surface area contributed by atoms with Crippen molar-refractivity contribution in [3.63, 3.8) is 0 Å². The second kappa shape index (κ2) is 6.69. The van der Waals surface area contributed by atoms with E-state index < -0.39 is 0 Å². The molecule has 1 N–H and O–H groups in total. The number of nitrogens with one attached hydrogen (secondary N) is 1. The van der Waals surface area contributed by atoms with Crippen LogP contribution in [0.4, 0.5) is 0 Å². The highest BCUT2D eigenvalue weighted by molar-refractivity contribution is 8.63. The molecule has 0 spiro atoms. The number of hydrogen-bond acceptors (Lipinski definition) is 2. The summed E-state index contributed by atoms with van der Waals surface area (Å²) < 4.78 is 0. The molecular formula is C11H18N2OP4. The largest absolute Gasteiger partial charge is 0.284 e. The van der Waals surface area contributed by atoms with Gasteiger partial charge >= 0.3 is 0 Å². The van der Waals surface area contributed by atoms with Crippen molar-refractivity contribution < 1.29 is 4.79 Å². The highest BCUT2D eigenvalue weighted by Gasteiger charge is 2.25. The van der Waals surface area contributed by atoms with E-state index in [4.69, 9.17) is 0 Å². The lowest BCUT2D eigenvalue weighted by molar-refractivity contribution is 0.0735. The van der Waals surface area contributed by atoms with Gasteiger partial charge in [0.15, 0.2) is 0 Å². The number of hydrazine groups is 1. The lowest BCUT2D eigenvalue weighted by atomic mass is 10.0. The molecule has 0 radical (unpaired) electrons. The van der Waals surface area contributed by atoms with Gasteiger partial charge in [0.25, 0.3) is 5.91 Å².